The van der Waals surface area contributed by atoms with Crippen molar-refractivity contribution in [1.29, 1.82) is 0 Å². The average molecular weight is 699 g/mol. The van der Waals surface area contributed by atoms with Crippen molar-refractivity contribution in [2.75, 3.05) is 0 Å². The van der Waals surface area contributed by atoms with Crippen LogP contribution in [0.25, 0.3) is 0 Å². The van der Waals surface area contributed by atoms with E-state index in [1.165, 1.54) is 152 Å². The quantitative estimate of drug-likeness (QED) is 0.0564. The van der Waals surface area contributed by atoms with Crippen molar-refractivity contribution in [2.24, 2.45) is 4.99 Å². The molecule has 0 fully saturated rings. The highest BCUT2D eigenvalue weighted by molar-refractivity contribution is 6.33. The zero-order valence-corrected chi connectivity index (χ0v) is 32.5. The third-order valence-electron chi connectivity index (χ3n) is 9.95. The molecule has 49 heavy (non-hydrogen) atoms. The Bertz CT molecular complexity index is 1230. The topological polar surface area (TPSA) is 56.4 Å². The Kier molecular flexibility index (Phi) is 26.0. The van der Waals surface area contributed by atoms with Crippen LogP contribution in [0.15, 0.2) is 45.0 Å². The van der Waals surface area contributed by atoms with Crippen molar-refractivity contribution in [1.82, 2.24) is 9.13 Å². The first-order chi connectivity index (χ1) is 24.1. The molecule has 0 saturated heterocycles. The first-order valence-electron chi connectivity index (χ1n) is 20.7. The van der Waals surface area contributed by atoms with Crippen molar-refractivity contribution in [3.8, 4) is 0 Å². The van der Waals surface area contributed by atoms with Crippen LogP contribution >= 0.6 is 11.6 Å². The van der Waals surface area contributed by atoms with Crippen LogP contribution in [0.4, 0.5) is 5.69 Å². The van der Waals surface area contributed by atoms with Crippen molar-refractivity contribution in [3.63, 3.8) is 0 Å². The number of aryl methyl sites for hydroxylation is 1. The van der Waals surface area contributed by atoms with Gasteiger partial charge in [0.15, 0.2) is 0 Å². The van der Waals surface area contributed by atoms with Gasteiger partial charge in [0.1, 0.15) is 5.69 Å². The number of nitrogens with zero attached hydrogens (tertiary/aromatic N) is 3. The van der Waals surface area contributed by atoms with Gasteiger partial charge < -0.3 is 0 Å². The van der Waals surface area contributed by atoms with Crippen LogP contribution < -0.4 is 11.2 Å². The van der Waals surface area contributed by atoms with Crippen molar-refractivity contribution in [3.05, 3.63) is 61.9 Å². The molecule has 0 spiro atoms. The second-order valence-corrected chi connectivity index (χ2v) is 14.8. The van der Waals surface area contributed by atoms with Gasteiger partial charge in [-0.3, -0.25) is 13.9 Å². The molecule has 0 aliphatic carbocycles. The predicted molar refractivity (Wildman–Crippen MR) is 214 cm³/mol. The highest BCUT2D eigenvalue weighted by atomic mass is 35.5. The summed E-state index contributed by atoms with van der Waals surface area (Å²) in [6, 6.07) is 7.47. The Morgan fingerprint density at radius 2 is 0.939 bits per heavy atom. The second kappa shape index (κ2) is 29.6. The van der Waals surface area contributed by atoms with Crippen LogP contribution in [0.1, 0.15) is 199 Å². The van der Waals surface area contributed by atoms with Gasteiger partial charge in [-0.1, -0.05) is 211 Å². The summed E-state index contributed by atoms with van der Waals surface area (Å²) in [7, 11) is 0. The molecule has 0 aliphatic heterocycles. The van der Waals surface area contributed by atoms with Crippen molar-refractivity contribution >= 4 is 23.5 Å². The van der Waals surface area contributed by atoms with E-state index in [0.29, 0.717) is 23.8 Å². The summed E-state index contributed by atoms with van der Waals surface area (Å²) >= 11 is 6.33. The van der Waals surface area contributed by atoms with Gasteiger partial charge in [-0.2, -0.15) is 0 Å². The molecule has 0 N–H and O–H groups in total. The number of unbranched alkanes of at least 4 members (excludes halogenated alkanes) is 26. The van der Waals surface area contributed by atoms with E-state index in [0.717, 1.165) is 37.7 Å². The van der Waals surface area contributed by atoms with E-state index in [2.05, 4.69) is 18.8 Å². The van der Waals surface area contributed by atoms with E-state index >= 15 is 0 Å². The van der Waals surface area contributed by atoms with E-state index in [1.54, 1.807) is 17.0 Å². The Balaban J connectivity index is 1.78. The monoisotopic (exact) mass is 698 g/mol. The lowest BCUT2D eigenvalue weighted by atomic mass is 10.0. The molecule has 0 aliphatic rings. The molecule has 0 amide bonds. The number of hydrogen-bond donors (Lipinski definition) is 0. The summed E-state index contributed by atoms with van der Waals surface area (Å²) in [4.78, 5) is 31.4. The van der Waals surface area contributed by atoms with Crippen LogP contribution in [-0.4, -0.2) is 15.3 Å². The maximum absolute atomic E-state index is 13.5. The third-order valence-corrected chi connectivity index (χ3v) is 10.3. The minimum atomic E-state index is -0.305. The summed E-state index contributed by atoms with van der Waals surface area (Å²) in [5.41, 5.74) is 0.549. The smallest absolute Gasteiger partial charge is 0.298 e. The molecule has 1 heterocycles. The zero-order chi connectivity index (χ0) is 35.2. The molecule has 0 unspecified atom stereocenters. The predicted octanol–water partition coefficient (Wildman–Crippen LogP) is 13.4. The van der Waals surface area contributed by atoms with Crippen LogP contribution in [0.5, 0.6) is 0 Å². The van der Waals surface area contributed by atoms with Gasteiger partial charge in [-0.15, -0.1) is 0 Å². The Morgan fingerprint density at radius 1 is 0.551 bits per heavy atom. The number of aromatic nitrogens is 2. The molecule has 5 nitrogen and oxygen atoms in total. The lowest BCUT2D eigenvalue weighted by Crippen LogP contribution is -2.39. The minimum Gasteiger partial charge on any atom is -0.298 e. The van der Waals surface area contributed by atoms with Crippen LogP contribution in [0, 0.1) is 0 Å². The minimum absolute atomic E-state index is 0.203. The molecular formula is C43H72ClN3O2. The van der Waals surface area contributed by atoms with Crippen LogP contribution in [0.2, 0.25) is 5.02 Å². The molecule has 2 aromatic rings. The Labute approximate surface area is 305 Å². The van der Waals surface area contributed by atoms with Crippen molar-refractivity contribution < 1.29 is 0 Å². The molecule has 0 radical (unpaired) electrons. The maximum Gasteiger partial charge on any atom is 0.331 e. The standard InChI is InChI=1S/C43H72ClN3O2/c1-3-5-7-9-11-13-15-17-19-21-23-25-27-31-35-46-38-41(45-37-39-33-29-30-34-40(39)44)42(48)47(43(46)49)36-32-28-26-24-22-20-18-16-14-12-10-8-6-4-2/h29-30,33-34,37-38H,3-28,31-32,35-36H2,1-2H3. The molecular weight excluding hydrogens is 626 g/mol. The van der Waals surface area contributed by atoms with E-state index in [4.69, 9.17) is 11.6 Å². The zero-order valence-electron chi connectivity index (χ0n) is 31.7. The van der Waals surface area contributed by atoms with E-state index in [-0.39, 0.29) is 11.2 Å². The molecule has 0 bridgehead atoms. The fraction of sp³-hybridized carbons (Fsp3) is 0.744. The molecule has 278 valence electrons. The molecule has 0 saturated carbocycles. The van der Waals surface area contributed by atoms with Crippen molar-refractivity contribution in [2.45, 2.75) is 207 Å². The fourth-order valence-corrected chi connectivity index (χ4v) is 6.93. The van der Waals surface area contributed by atoms with Gasteiger partial charge in [0.2, 0.25) is 0 Å². The first kappa shape index (κ1) is 43.0. The molecule has 2 rings (SSSR count). The summed E-state index contributed by atoms with van der Waals surface area (Å²) in [5.74, 6) is 0. The van der Waals surface area contributed by atoms with Gasteiger partial charge in [-0.05, 0) is 18.9 Å². The average Bonchev–Trinajstić information content (AvgIpc) is 3.10. The fourth-order valence-electron chi connectivity index (χ4n) is 6.74. The molecule has 1 aromatic heterocycles. The SMILES string of the molecule is CCCCCCCCCCCCCCCCn1cc(N=Cc2ccccc2Cl)c(=O)n(CCCCCCCCCCCCCCCC)c1=O. The van der Waals surface area contributed by atoms with Gasteiger partial charge in [0, 0.05) is 36.1 Å². The normalized spacial score (nSPS) is 11.7. The highest BCUT2D eigenvalue weighted by Crippen LogP contribution is 2.16. The first-order valence-corrected chi connectivity index (χ1v) is 21.1. The summed E-state index contributed by atoms with van der Waals surface area (Å²) in [6.45, 7) is 5.61. The van der Waals surface area contributed by atoms with Crippen LogP contribution in [0.3, 0.4) is 0 Å². The van der Waals surface area contributed by atoms with E-state index in [1.807, 2.05) is 24.3 Å². The van der Waals surface area contributed by atoms with E-state index in [9.17, 15) is 9.59 Å². The van der Waals surface area contributed by atoms with Gasteiger partial charge in [-0.25, -0.2) is 9.79 Å². The summed E-state index contributed by atoms with van der Waals surface area (Å²) in [5, 5.41) is 0.588. The second-order valence-electron chi connectivity index (χ2n) is 14.4. The number of hydrogen-bond acceptors (Lipinski definition) is 3. The van der Waals surface area contributed by atoms with Gasteiger partial charge in [0.05, 0.1) is 0 Å². The Hall–Kier alpha value is -2.14. The largest absolute Gasteiger partial charge is 0.331 e. The van der Waals surface area contributed by atoms with Gasteiger partial charge >= 0.3 is 5.69 Å². The Morgan fingerprint density at radius 3 is 1.37 bits per heavy atom. The number of benzene rings is 1. The number of aliphatic imine (C=N–C) groups is 1. The van der Waals surface area contributed by atoms with E-state index < -0.39 is 0 Å². The summed E-state index contributed by atoms with van der Waals surface area (Å²) in [6.07, 6.45) is 39.4. The summed E-state index contributed by atoms with van der Waals surface area (Å²) < 4.78 is 3.13. The number of rotatable bonds is 32. The molecule has 0 atom stereocenters. The molecule has 1 aromatic carbocycles. The highest BCUT2D eigenvalue weighted by Gasteiger charge is 2.11. The third kappa shape index (κ3) is 20.3. The maximum atomic E-state index is 13.5. The number of halogens is 1. The lowest BCUT2D eigenvalue weighted by Gasteiger charge is -2.12. The molecule has 6 heteroatoms. The van der Waals surface area contributed by atoms with Crippen LogP contribution in [-0.2, 0) is 13.1 Å². The van der Waals surface area contributed by atoms with Gasteiger partial charge in [0.25, 0.3) is 5.56 Å². The lowest BCUT2D eigenvalue weighted by molar-refractivity contribution is 0.484.